The molecule has 110 valence electrons. The van der Waals surface area contributed by atoms with Gasteiger partial charge in [-0.2, -0.15) is 5.10 Å². The zero-order chi connectivity index (χ0) is 14.9. The third kappa shape index (κ3) is 2.21. The van der Waals surface area contributed by atoms with Gasteiger partial charge in [-0.15, -0.1) is 11.3 Å². The highest BCUT2D eigenvalue weighted by Crippen LogP contribution is 2.38. The minimum absolute atomic E-state index is 0.206. The fourth-order valence-electron chi connectivity index (χ4n) is 2.77. The molecule has 0 atom stereocenters. The second-order valence-corrected chi connectivity index (χ2v) is 6.27. The summed E-state index contributed by atoms with van der Waals surface area (Å²) >= 11 is 1.75. The van der Waals surface area contributed by atoms with Crippen LogP contribution in [0.3, 0.4) is 0 Å². The number of fused-ring (bicyclic) bond motifs is 3. The number of anilines is 1. The maximum atomic E-state index is 9.73. The summed E-state index contributed by atoms with van der Waals surface area (Å²) in [6.07, 6.45) is 6.58. The zero-order valence-corrected chi connectivity index (χ0v) is 12.6. The van der Waals surface area contributed by atoms with Gasteiger partial charge in [-0.1, -0.05) is 12.1 Å². The van der Waals surface area contributed by atoms with Crippen molar-refractivity contribution in [3.63, 3.8) is 0 Å². The molecule has 22 heavy (non-hydrogen) atoms. The summed E-state index contributed by atoms with van der Waals surface area (Å²) in [6.45, 7) is 0. The summed E-state index contributed by atoms with van der Waals surface area (Å²) in [4.78, 5) is 11.1. The van der Waals surface area contributed by atoms with Gasteiger partial charge in [0.25, 0.3) is 0 Å². The van der Waals surface area contributed by atoms with Crippen LogP contribution in [0, 0.1) is 0 Å². The maximum absolute atomic E-state index is 9.73. The first-order chi connectivity index (χ1) is 10.8. The van der Waals surface area contributed by atoms with Crippen LogP contribution in [0.25, 0.3) is 10.2 Å². The number of nitrogens with one attached hydrogen (secondary N) is 1. The van der Waals surface area contributed by atoms with Crippen LogP contribution in [-0.2, 0) is 12.8 Å². The van der Waals surface area contributed by atoms with E-state index in [-0.39, 0.29) is 5.75 Å². The molecule has 2 aromatic heterocycles. The van der Waals surface area contributed by atoms with Gasteiger partial charge in [-0.25, -0.2) is 9.97 Å². The van der Waals surface area contributed by atoms with Crippen molar-refractivity contribution >= 4 is 33.6 Å². The molecule has 0 unspecified atom stereocenters. The van der Waals surface area contributed by atoms with E-state index >= 15 is 0 Å². The molecule has 2 heterocycles. The van der Waals surface area contributed by atoms with Gasteiger partial charge in [-0.05, 0) is 37.0 Å². The van der Waals surface area contributed by atoms with Crippen LogP contribution < -0.4 is 5.43 Å². The predicted octanol–water partition coefficient (Wildman–Crippen LogP) is 3.33. The Hall–Kier alpha value is -2.47. The van der Waals surface area contributed by atoms with Crippen molar-refractivity contribution < 1.29 is 5.11 Å². The molecule has 0 fully saturated rings. The van der Waals surface area contributed by atoms with Gasteiger partial charge in [0.05, 0.1) is 11.6 Å². The lowest BCUT2D eigenvalue weighted by atomic mass is 10.2. The van der Waals surface area contributed by atoms with Crippen LogP contribution in [0.2, 0.25) is 0 Å². The van der Waals surface area contributed by atoms with Gasteiger partial charge in [0.2, 0.25) is 0 Å². The molecule has 0 radical (unpaired) electrons. The molecular formula is C16H14N4OS. The maximum Gasteiger partial charge on any atom is 0.158 e. The molecule has 1 aliphatic rings. The van der Waals surface area contributed by atoms with Crippen LogP contribution >= 0.6 is 11.3 Å². The number of hydrazone groups is 1. The number of hydrogen-bond donors (Lipinski definition) is 2. The highest BCUT2D eigenvalue weighted by molar-refractivity contribution is 7.19. The summed E-state index contributed by atoms with van der Waals surface area (Å²) in [5.74, 6) is 0.938. The lowest BCUT2D eigenvalue weighted by Gasteiger charge is -2.03. The predicted molar refractivity (Wildman–Crippen MR) is 88.8 cm³/mol. The van der Waals surface area contributed by atoms with Gasteiger partial charge in [0.15, 0.2) is 5.82 Å². The van der Waals surface area contributed by atoms with Crippen molar-refractivity contribution in [2.24, 2.45) is 5.10 Å². The highest BCUT2D eigenvalue weighted by Gasteiger charge is 2.20. The lowest BCUT2D eigenvalue weighted by Crippen LogP contribution is -1.96. The SMILES string of the molecule is Oc1ccccc1/C=N/Nc1ncnc2sc3c(c12)CCC3. The standard InChI is InChI=1S/C16H14N4OS/c21-12-6-2-1-4-10(12)8-19-20-15-14-11-5-3-7-13(11)22-16(14)18-9-17-15/h1-2,4,6,8-9,21H,3,5,7H2,(H,17,18,20)/b19-8+. The average Bonchev–Trinajstić information content (AvgIpc) is 3.10. The Labute approximate surface area is 131 Å². The number of aryl methyl sites for hydroxylation is 2. The topological polar surface area (TPSA) is 70.4 Å². The quantitative estimate of drug-likeness (QED) is 0.575. The molecule has 0 spiro atoms. The molecule has 0 aliphatic heterocycles. The van der Waals surface area contributed by atoms with E-state index in [1.54, 1.807) is 42.1 Å². The molecule has 2 N–H and O–H groups in total. The molecule has 4 rings (SSSR count). The van der Waals surface area contributed by atoms with Crippen LogP contribution in [-0.4, -0.2) is 21.3 Å². The largest absolute Gasteiger partial charge is 0.507 e. The highest BCUT2D eigenvalue weighted by atomic mass is 32.1. The number of thiophene rings is 1. The van der Waals surface area contributed by atoms with E-state index in [0.29, 0.717) is 5.56 Å². The zero-order valence-electron chi connectivity index (χ0n) is 11.8. The summed E-state index contributed by atoms with van der Waals surface area (Å²) in [5, 5.41) is 15.0. The fourth-order valence-corrected chi connectivity index (χ4v) is 4.00. The number of aromatic hydroxyl groups is 1. The van der Waals surface area contributed by atoms with Gasteiger partial charge in [-0.3, -0.25) is 5.43 Å². The van der Waals surface area contributed by atoms with E-state index in [4.69, 9.17) is 0 Å². The molecule has 6 heteroatoms. The molecule has 3 aromatic rings. The fraction of sp³-hybridized carbons (Fsp3) is 0.188. The second kappa shape index (κ2) is 5.38. The Morgan fingerprint density at radius 1 is 1.23 bits per heavy atom. The first-order valence-electron chi connectivity index (χ1n) is 7.15. The summed E-state index contributed by atoms with van der Waals surface area (Å²) in [5.41, 5.74) is 5.02. The Morgan fingerprint density at radius 3 is 3.05 bits per heavy atom. The summed E-state index contributed by atoms with van der Waals surface area (Å²) in [6, 6.07) is 7.08. The van der Waals surface area contributed by atoms with E-state index in [2.05, 4.69) is 20.5 Å². The van der Waals surface area contributed by atoms with E-state index < -0.39 is 0 Å². The minimum atomic E-state index is 0.206. The van der Waals surface area contributed by atoms with E-state index in [1.165, 1.54) is 16.9 Å². The Bertz CT molecular complexity index is 872. The Kier molecular flexibility index (Phi) is 3.23. The van der Waals surface area contributed by atoms with Crippen LogP contribution in [0.5, 0.6) is 5.75 Å². The van der Waals surface area contributed by atoms with Crippen molar-refractivity contribution in [3.05, 3.63) is 46.6 Å². The molecule has 0 saturated carbocycles. The van der Waals surface area contributed by atoms with Gasteiger partial charge < -0.3 is 5.11 Å². The molecule has 1 aliphatic carbocycles. The normalized spacial score (nSPS) is 13.8. The number of phenolic OH excluding ortho intramolecular Hbond substituents is 1. The van der Waals surface area contributed by atoms with Gasteiger partial charge in [0, 0.05) is 10.4 Å². The number of aromatic nitrogens is 2. The summed E-state index contributed by atoms with van der Waals surface area (Å²) < 4.78 is 0. The molecule has 0 saturated heterocycles. The van der Waals surface area contributed by atoms with Crippen molar-refractivity contribution in [2.45, 2.75) is 19.3 Å². The van der Waals surface area contributed by atoms with Crippen molar-refractivity contribution in [3.8, 4) is 5.75 Å². The average molecular weight is 310 g/mol. The second-order valence-electron chi connectivity index (χ2n) is 5.19. The number of nitrogens with zero attached hydrogens (tertiary/aromatic N) is 3. The summed E-state index contributed by atoms with van der Waals surface area (Å²) in [7, 11) is 0. The van der Waals surface area contributed by atoms with Crippen LogP contribution in [0.4, 0.5) is 5.82 Å². The smallest absolute Gasteiger partial charge is 0.158 e. The monoisotopic (exact) mass is 310 g/mol. The molecule has 0 amide bonds. The van der Waals surface area contributed by atoms with E-state index in [0.717, 1.165) is 28.9 Å². The third-order valence-electron chi connectivity index (χ3n) is 3.81. The number of rotatable bonds is 3. The minimum Gasteiger partial charge on any atom is -0.507 e. The van der Waals surface area contributed by atoms with Gasteiger partial charge >= 0.3 is 0 Å². The van der Waals surface area contributed by atoms with E-state index in [9.17, 15) is 5.11 Å². The first-order valence-corrected chi connectivity index (χ1v) is 7.97. The van der Waals surface area contributed by atoms with Crippen LogP contribution in [0.15, 0.2) is 35.7 Å². The number of hydrogen-bond acceptors (Lipinski definition) is 6. The molecule has 1 aromatic carbocycles. The Balaban J connectivity index is 1.66. The Morgan fingerprint density at radius 2 is 2.14 bits per heavy atom. The van der Waals surface area contributed by atoms with Crippen LogP contribution in [0.1, 0.15) is 22.4 Å². The van der Waals surface area contributed by atoms with E-state index in [1.807, 2.05) is 6.07 Å². The first kappa shape index (κ1) is 13.2. The van der Waals surface area contributed by atoms with Gasteiger partial charge in [0.1, 0.15) is 16.9 Å². The third-order valence-corrected chi connectivity index (χ3v) is 5.01. The lowest BCUT2D eigenvalue weighted by molar-refractivity contribution is 0.474. The number of para-hydroxylation sites is 1. The van der Waals surface area contributed by atoms with Crippen molar-refractivity contribution in [2.75, 3.05) is 5.43 Å². The number of phenols is 1. The molecule has 0 bridgehead atoms. The molecule has 5 nitrogen and oxygen atoms in total. The van der Waals surface area contributed by atoms with Crippen molar-refractivity contribution in [1.82, 2.24) is 9.97 Å². The van der Waals surface area contributed by atoms with Crippen molar-refractivity contribution in [1.29, 1.82) is 0 Å². The number of benzene rings is 1. The molecular weight excluding hydrogens is 296 g/mol.